The van der Waals surface area contributed by atoms with Crippen LogP contribution in [-0.2, 0) is 0 Å². The van der Waals surface area contributed by atoms with Gasteiger partial charge in [0, 0.05) is 6.20 Å². The van der Waals surface area contributed by atoms with Gasteiger partial charge in [0.05, 0.1) is 18.4 Å². The SMILES string of the molecule is CC(C)Oc1c(C#N)cncc1OC1CC1. The van der Waals surface area contributed by atoms with E-state index in [1.807, 2.05) is 13.8 Å². The maximum absolute atomic E-state index is 8.98. The first kappa shape index (κ1) is 10.7. The smallest absolute Gasteiger partial charge is 0.182 e. The van der Waals surface area contributed by atoms with Gasteiger partial charge in [-0.05, 0) is 26.7 Å². The van der Waals surface area contributed by atoms with Crippen LogP contribution >= 0.6 is 0 Å². The van der Waals surface area contributed by atoms with Crippen molar-refractivity contribution < 1.29 is 9.47 Å². The van der Waals surface area contributed by atoms with Crippen molar-refractivity contribution in [3.63, 3.8) is 0 Å². The second-order valence-corrected chi connectivity index (χ2v) is 4.11. The lowest BCUT2D eigenvalue weighted by Crippen LogP contribution is -2.09. The predicted octanol–water partition coefficient (Wildman–Crippen LogP) is 2.28. The highest BCUT2D eigenvalue weighted by molar-refractivity contribution is 5.50. The van der Waals surface area contributed by atoms with E-state index in [9.17, 15) is 0 Å². The van der Waals surface area contributed by atoms with Gasteiger partial charge < -0.3 is 9.47 Å². The average molecular weight is 218 g/mol. The number of ether oxygens (including phenoxy) is 2. The zero-order valence-electron chi connectivity index (χ0n) is 9.43. The van der Waals surface area contributed by atoms with Crippen molar-refractivity contribution in [3.8, 4) is 17.6 Å². The average Bonchev–Trinajstić information content (AvgIpc) is 3.04. The molecule has 0 amide bonds. The first-order chi connectivity index (χ1) is 7.70. The summed E-state index contributed by atoms with van der Waals surface area (Å²) >= 11 is 0. The van der Waals surface area contributed by atoms with Crippen LogP contribution in [0.1, 0.15) is 32.3 Å². The van der Waals surface area contributed by atoms with Crippen molar-refractivity contribution in [2.75, 3.05) is 0 Å². The van der Waals surface area contributed by atoms with Crippen molar-refractivity contribution in [2.24, 2.45) is 0 Å². The molecule has 0 atom stereocenters. The third-order valence-corrected chi connectivity index (χ3v) is 2.16. The lowest BCUT2D eigenvalue weighted by atomic mass is 10.2. The molecule has 1 aliphatic carbocycles. The first-order valence-corrected chi connectivity index (χ1v) is 5.42. The number of rotatable bonds is 4. The minimum absolute atomic E-state index is 0.0102. The number of nitrogens with zero attached hydrogens (tertiary/aromatic N) is 2. The van der Waals surface area contributed by atoms with Crippen LogP contribution in [0.4, 0.5) is 0 Å². The van der Waals surface area contributed by atoms with E-state index in [2.05, 4.69) is 11.1 Å². The first-order valence-electron chi connectivity index (χ1n) is 5.42. The molecule has 1 fully saturated rings. The number of pyridine rings is 1. The Morgan fingerprint density at radius 3 is 2.75 bits per heavy atom. The molecule has 1 aromatic rings. The summed E-state index contributed by atoms with van der Waals surface area (Å²) in [6, 6.07) is 2.07. The Morgan fingerprint density at radius 2 is 2.19 bits per heavy atom. The Bertz CT molecular complexity index is 420. The van der Waals surface area contributed by atoms with Crippen molar-refractivity contribution in [3.05, 3.63) is 18.0 Å². The van der Waals surface area contributed by atoms with E-state index in [0.29, 0.717) is 17.1 Å². The third kappa shape index (κ3) is 2.43. The fourth-order valence-electron chi connectivity index (χ4n) is 1.32. The minimum atomic E-state index is 0.0102. The predicted molar refractivity (Wildman–Crippen MR) is 58.4 cm³/mol. The Kier molecular flexibility index (Phi) is 2.95. The lowest BCUT2D eigenvalue weighted by Gasteiger charge is -2.15. The second kappa shape index (κ2) is 4.40. The molecule has 0 bridgehead atoms. The van der Waals surface area contributed by atoms with Crippen LogP contribution in [0.15, 0.2) is 12.4 Å². The van der Waals surface area contributed by atoms with Crippen LogP contribution in [0.2, 0.25) is 0 Å². The van der Waals surface area contributed by atoms with Crippen LogP contribution < -0.4 is 9.47 Å². The van der Waals surface area contributed by atoms with E-state index < -0.39 is 0 Å². The van der Waals surface area contributed by atoms with E-state index in [4.69, 9.17) is 14.7 Å². The standard InChI is InChI=1S/C12H14N2O2/c1-8(2)15-12-9(5-13)6-14-7-11(12)16-10-3-4-10/h6-8,10H,3-4H2,1-2H3. The molecule has 0 radical (unpaired) electrons. The summed E-state index contributed by atoms with van der Waals surface area (Å²) in [6.45, 7) is 3.84. The molecular weight excluding hydrogens is 204 g/mol. The number of aromatic nitrogens is 1. The Labute approximate surface area is 94.8 Å². The van der Waals surface area contributed by atoms with Crippen LogP contribution in [-0.4, -0.2) is 17.2 Å². The van der Waals surface area contributed by atoms with Gasteiger partial charge in [-0.1, -0.05) is 0 Å². The highest BCUT2D eigenvalue weighted by Gasteiger charge is 2.26. The Morgan fingerprint density at radius 1 is 1.44 bits per heavy atom. The molecule has 1 aromatic heterocycles. The van der Waals surface area contributed by atoms with Gasteiger partial charge in [0.1, 0.15) is 11.6 Å². The molecule has 0 aromatic carbocycles. The zero-order valence-corrected chi connectivity index (χ0v) is 9.43. The molecule has 84 valence electrons. The number of hydrogen-bond donors (Lipinski definition) is 0. The fraction of sp³-hybridized carbons (Fsp3) is 0.500. The van der Waals surface area contributed by atoms with Crippen molar-refractivity contribution in [1.82, 2.24) is 4.98 Å². The quantitative estimate of drug-likeness (QED) is 0.778. The summed E-state index contributed by atoms with van der Waals surface area (Å²) in [5, 5.41) is 8.98. The van der Waals surface area contributed by atoms with Gasteiger partial charge in [-0.2, -0.15) is 5.26 Å². The minimum Gasteiger partial charge on any atom is -0.486 e. The largest absolute Gasteiger partial charge is 0.486 e. The molecule has 0 unspecified atom stereocenters. The van der Waals surface area contributed by atoms with Gasteiger partial charge in [0.15, 0.2) is 11.5 Å². The van der Waals surface area contributed by atoms with Gasteiger partial charge in [-0.3, -0.25) is 4.98 Å². The zero-order chi connectivity index (χ0) is 11.5. The normalized spacial score (nSPS) is 14.6. The maximum Gasteiger partial charge on any atom is 0.182 e. The molecular formula is C12H14N2O2. The molecule has 16 heavy (non-hydrogen) atoms. The van der Waals surface area contributed by atoms with E-state index >= 15 is 0 Å². The molecule has 0 N–H and O–H groups in total. The van der Waals surface area contributed by atoms with Crippen molar-refractivity contribution in [1.29, 1.82) is 5.26 Å². The van der Waals surface area contributed by atoms with E-state index in [1.54, 1.807) is 6.20 Å². The fourth-order valence-corrected chi connectivity index (χ4v) is 1.32. The van der Waals surface area contributed by atoms with E-state index in [1.165, 1.54) is 6.20 Å². The summed E-state index contributed by atoms with van der Waals surface area (Å²) in [5.41, 5.74) is 0.423. The molecule has 0 saturated heterocycles. The highest BCUT2D eigenvalue weighted by atomic mass is 16.5. The van der Waals surface area contributed by atoms with Crippen LogP contribution in [0, 0.1) is 11.3 Å². The summed E-state index contributed by atoms with van der Waals surface area (Å²) in [4.78, 5) is 3.98. The van der Waals surface area contributed by atoms with Gasteiger partial charge in [-0.25, -0.2) is 0 Å². The van der Waals surface area contributed by atoms with Crippen molar-refractivity contribution >= 4 is 0 Å². The monoisotopic (exact) mass is 218 g/mol. The van der Waals surface area contributed by atoms with Crippen LogP contribution in [0.3, 0.4) is 0 Å². The summed E-state index contributed by atoms with van der Waals surface area (Å²) < 4.78 is 11.3. The lowest BCUT2D eigenvalue weighted by molar-refractivity contribution is 0.216. The van der Waals surface area contributed by atoms with Gasteiger partial charge in [0.2, 0.25) is 0 Å². The van der Waals surface area contributed by atoms with Gasteiger partial charge >= 0.3 is 0 Å². The van der Waals surface area contributed by atoms with Crippen LogP contribution in [0.25, 0.3) is 0 Å². The van der Waals surface area contributed by atoms with E-state index in [-0.39, 0.29) is 12.2 Å². The summed E-state index contributed by atoms with van der Waals surface area (Å²) in [5.74, 6) is 1.09. The Balaban J connectivity index is 2.29. The Hall–Kier alpha value is -1.76. The third-order valence-electron chi connectivity index (χ3n) is 2.16. The molecule has 4 heteroatoms. The molecule has 2 rings (SSSR count). The number of nitriles is 1. The molecule has 0 aliphatic heterocycles. The second-order valence-electron chi connectivity index (χ2n) is 4.11. The molecule has 1 aliphatic rings. The maximum atomic E-state index is 8.98. The molecule has 4 nitrogen and oxygen atoms in total. The van der Waals surface area contributed by atoms with E-state index in [0.717, 1.165) is 12.8 Å². The van der Waals surface area contributed by atoms with Crippen molar-refractivity contribution in [2.45, 2.75) is 38.9 Å². The summed E-state index contributed by atoms with van der Waals surface area (Å²) in [6.07, 6.45) is 5.52. The number of hydrogen-bond acceptors (Lipinski definition) is 4. The topological polar surface area (TPSA) is 55.1 Å². The molecule has 0 spiro atoms. The van der Waals surface area contributed by atoms with Gasteiger partial charge in [-0.15, -0.1) is 0 Å². The highest BCUT2D eigenvalue weighted by Crippen LogP contribution is 2.35. The van der Waals surface area contributed by atoms with Gasteiger partial charge in [0.25, 0.3) is 0 Å². The summed E-state index contributed by atoms with van der Waals surface area (Å²) in [7, 11) is 0. The molecule has 1 saturated carbocycles. The van der Waals surface area contributed by atoms with Crippen LogP contribution in [0.5, 0.6) is 11.5 Å². The molecule has 1 heterocycles.